The summed E-state index contributed by atoms with van der Waals surface area (Å²) in [6.07, 6.45) is 0.318. The van der Waals surface area contributed by atoms with Crippen LogP contribution in [0, 0.1) is 19.7 Å². The minimum absolute atomic E-state index is 0.211. The van der Waals surface area contributed by atoms with Crippen molar-refractivity contribution in [2.24, 2.45) is 0 Å². The second-order valence-corrected chi connectivity index (χ2v) is 5.46. The van der Waals surface area contributed by atoms with Crippen molar-refractivity contribution in [1.29, 1.82) is 0 Å². The van der Waals surface area contributed by atoms with Gasteiger partial charge < -0.3 is 10.4 Å². The largest absolute Gasteiger partial charge is 0.387 e. The summed E-state index contributed by atoms with van der Waals surface area (Å²) < 4.78 is 12.8. The van der Waals surface area contributed by atoms with Gasteiger partial charge in [-0.1, -0.05) is 35.9 Å². The van der Waals surface area contributed by atoms with Crippen LogP contribution in [-0.4, -0.2) is 18.2 Å². The lowest BCUT2D eigenvalue weighted by Crippen LogP contribution is -2.24. The van der Waals surface area contributed by atoms with Crippen LogP contribution in [-0.2, 0) is 6.42 Å². The van der Waals surface area contributed by atoms with E-state index in [0.29, 0.717) is 6.54 Å². The van der Waals surface area contributed by atoms with Gasteiger partial charge in [0.05, 0.1) is 6.10 Å². The lowest BCUT2D eigenvalue weighted by molar-refractivity contribution is 0.174. The Hall–Kier alpha value is -1.71. The zero-order chi connectivity index (χ0) is 15.2. The number of rotatable bonds is 6. The fourth-order valence-corrected chi connectivity index (χ4v) is 2.43. The van der Waals surface area contributed by atoms with E-state index in [-0.39, 0.29) is 5.82 Å². The number of aryl methyl sites for hydroxylation is 2. The predicted molar refractivity (Wildman–Crippen MR) is 83.8 cm³/mol. The molecule has 0 aliphatic carbocycles. The molecule has 0 saturated carbocycles. The molecule has 1 atom stereocenters. The van der Waals surface area contributed by atoms with Gasteiger partial charge in [0.25, 0.3) is 0 Å². The van der Waals surface area contributed by atoms with Gasteiger partial charge in [0.1, 0.15) is 5.82 Å². The summed E-state index contributed by atoms with van der Waals surface area (Å²) in [4.78, 5) is 0. The van der Waals surface area contributed by atoms with Gasteiger partial charge in [0.2, 0.25) is 0 Å². The van der Waals surface area contributed by atoms with Crippen LogP contribution in [0.1, 0.15) is 28.4 Å². The molecule has 2 N–H and O–H groups in total. The Labute approximate surface area is 125 Å². The molecule has 2 aromatic rings. The quantitative estimate of drug-likeness (QED) is 0.799. The number of hydrogen-bond donors (Lipinski definition) is 2. The summed E-state index contributed by atoms with van der Waals surface area (Å²) in [6.45, 7) is 5.34. The lowest BCUT2D eigenvalue weighted by atomic mass is 10.0. The maximum atomic E-state index is 12.8. The van der Waals surface area contributed by atoms with Crippen molar-refractivity contribution in [3.8, 4) is 0 Å². The molecular weight excluding hydrogens is 265 g/mol. The summed E-state index contributed by atoms with van der Waals surface area (Å²) in [5.41, 5.74) is 4.37. The molecule has 0 fully saturated rings. The molecule has 2 aromatic carbocycles. The van der Waals surface area contributed by atoms with Gasteiger partial charge >= 0.3 is 0 Å². The second kappa shape index (κ2) is 7.34. The van der Waals surface area contributed by atoms with E-state index in [1.165, 1.54) is 17.7 Å². The normalized spacial score (nSPS) is 12.4. The summed E-state index contributed by atoms with van der Waals surface area (Å²) in [5, 5.41) is 13.5. The van der Waals surface area contributed by atoms with Crippen LogP contribution in [0.15, 0.2) is 42.5 Å². The minimum Gasteiger partial charge on any atom is -0.387 e. The molecule has 112 valence electrons. The van der Waals surface area contributed by atoms with Crippen LogP contribution < -0.4 is 5.32 Å². The Morgan fingerprint density at radius 3 is 2.48 bits per heavy atom. The monoisotopic (exact) mass is 287 g/mol. The Bertz CT molecular complexity index is 580. The summed E-state index contributed by atoms with van der Waals surface area (Å²) >= 11 is 0. The second-order valence-electron chi connectivity index (χ2n) is 5.46. The molecule has 3 heteroatoms. The number of nitrogens with one attached hydrogen (secondary N) is 1. The number of halogens is 1. The van der Waals surface area contributed by atoms with E-state index in [4.69, 9.17) is 0 Å². The van der Waals surface area contributed by atoms with Crippen LogP contribution in [0.2, 0.25) is 0 Å². The average Bonchev–Trinajstić information content (AvgIpc) is 2.45. The topological polar surface area (TPSA) is 32.3 Å². The van der Waals surface area contributed by atoms with E-state index >= 15 is 0 Å². The van der Waals surface area contributed by atoms with Crippen LogP contribution in [0.5, 0.6) is 0 Å². The Balaban J connectivity index is 1.79. The summed E-state index contributed by atoms with van der Waals surface area (Å²) in [7, 11) is 0. The van der Waals surface area contributed by atoms with Crippen LogP contribution in [0.3, 0.4) is 0 Å². The van der Waals surface area contributed by atoms with E-state index in [0.717, 1.165) is 29.7 Å². The molecule has 0 bridgehead atoms. The van der Waals surface area contributed by atoms with Gasteiger partial charge in [-0.25, -0.2) is 4.39 Å². The van der Waals surface area contributed by atoms with Gasteiger partial charge in [-0.05, 0) is 55.6 Å². The van der Waals surface area contributed by atoms with E-state index < -0.39 is 6.10 Å². The van der Waals surface area contributed by atoms with Gasteiger partial charge in [0.15, 0.2) is 0 Å². The van der Waals surface area contributed by atoms with Crippen LogP contribution >= 0.6 is 0 Å². The van der Waals surface area contributed by atoms with Crippen LogP contribution in [0.4, 0.5) is 4.39 Å². The van der Waals surface area contributed by atoms with Gasteiger partial charge in [-0.15, -0.1) is 0 Å². The molecular formula is C18H22FNO. The Kier molecular flexibility index (Phi) is 5.48. The minimum atomic E-state index is -0.501. The first kappa shape index (κ1) is 15.7. The van der Waals surface area contributed by atoms with E-state index in [9.17, 15) is 9.50 Å². The van der Waals surface area contributed by atoms with Gasteiger partial charge in [-0.2, -0.15) is 0 Å². The Morgan fingerprint density at radius 2 is 1.81 bits per heavy atom. The maximum Gasteiger partial charge on any atom is 0.123 e. The number of aliphatic hydroxyl groups is 1. The van der Waals surface area contributed by atoms with Crippen LogP contribution in [0.25, 0.3) is 0 Å². The van der Waals surface area contributed by atoms with Crippen molar-refractivity contribution in [3.05, 3.63) is 70.5 Å². The van der Waals surface area contributed by atoms with E-state index in [1.54, 1.807) is 12.1 Å². The molecule has 2 rings (SSSR count). The number of aliphatic hydroxyl groups excluding tert-OH is 1. The fraction of sp³-hybridized carbons (Fsp3) is 0.333. The SMILES string of the molecule is Cc1ccc(C(O)CNCCc2ccc(F)cc2)c(C)c1. The van der Waals surface area contributed by atoms with Crippen molar-refractivity contribution in [2.75, 3.05) is 13.1 Å². The van der Waals surface area contributed by atoms with Crippen molar-refractivity contribution >= 4 is 0 Å². The van der Waals surface area contributed by atoms with E-state index in [1.807, 2.05) is 26.0 Å². The van der Waals surface area contributed by atoms with E-state index in [2.05, 4.69) is 11.4 Å². The molecule has 21 heavy (non-hydrogen) atoms. The average molecular weight is 287 g/mol. The third-order valence-corrected chi connectivity index (χ3v) is 3.63. The van der Waals surface area contributed by atoms with Gasteiger partial charge in [-0.3, -0.25) is 0 Å². The van der Waals surface area contributed by atoms with Crippen molar-refractivity contribution in [1.82, 2.24) is 5.32 Å². The first-order valence-electron chi connectivity index (χ1n) is 7.26. The number of hydrogen-bond acceptors (Lipinski definition) is 2. The molecule has 2 nitrogen and oxygen atoms in total. The van der Waals surface area contributed by atoms with Crippen molar-refractivity contribution in [2.45, 2.75) is 26.4 Å². The molecule has 0 aromatic heterocycles. The highest BCUT2D eigenvalue weighted by atomic mass is 19.1. The molecule has 0 radical (unpaired) electrons. The lowest BCUT2D eigenvalue weighted by Gasteiger charge is -2.15. The standard InChI is InChI=1S/C18H22FNO/c1-13-3-8-17(14(2)11-13)18(21)12-20-10-9-15-4-6-16(19)7-5-15/h3-8,11,18,20-21H,9-10,12H2,1-2H3. The molecule has 0 aliphatic heterocycles. The molecule has 0 saturated heterocycles. The zero-order valence-electron chi connectivity index (χ0n) is 12.6. The Morgan fingerprint density at radius 1 is 1.10 bits per heavy atom. The summed E-state index contributed by atoms with van der Waals surface area (Å²) in [5.74, 6) is -0.211. The zero-order valence-corrected chi connectivity index (χ0v) is 12.6. The highest BCUT2D eigenvalue weighted by Gasteiger charge is 2.09. The molecule has 1 unspecified atom stereocenters. The maximum absolute atomic E-state index is 12.8. The highest BCUT2D eigenvalue weighted by molar-refractivity contribution is 5.32. The molecule has 0 amide bonds. The van der Waals surface area contributed by atoms with Crippen molar-refractivity contribution < 1.29 is 9.50 Å². The smallest absolute Gasteiger partial charge is 0.123 e. The molecule has 0 aliphatic rings. The number of benzene rings is 2. The first-order chi connectivity index (χ1) is 10.1. The highest BCUT2D eigenvalue weighted by Crippen LogP contribution is 2.18. The fourth-order valence-electron chi connectivity index (χ4n) is 2.43. The van der Waals surface area contributed by atoms with Crippen molar-refractivity contribution in [3.63, 3.8) is 0 Å². The predicted octanol–water partition coefficient (Wildman–Crippen LogP) is 3.31. The summed E-state index contributed by atoms with van der Waals surface area (Å²) in [6, 6.07) is 12.6. The van der Waals surface area contributed by atoms with Gasteiger partial charge in [0, 0.05) is 6.54 Å². The third kappa shape index (κ3) is 4.66. The molecule has 0 spiro atoms. The first-order valence-corrected chi connectivity index (χ1v) is 7.26. The third-order valence-electron chi connectivity index (χ3n) is 3.63. The molecule has 0 heterocycles.